The van der Waals surface area contributed by atoms with Gasteiger partial charge in [0.25, 0.3) is 0 Å². The predicted octanol–water partition coefficient (Wildman–Crippen LogP) is 4.17. The fourth-order valence-electron chi connectivity index (χ4n) is 2.94. The first-order valence-corrected chi connectivity index (χ1v) is 6.04. The molecule has 1 fully saturated rings. The Kier molecular flexibility index (Phi) is 3.08. The number of rotatable bonds is 1. The van der Waals surface area contributed by atoms with Gasteiger partial charge in [0.1, 0.15) is 0 Å². The van der Waals surface area contributed by atoms with Gasteiger partial charge in [0.15, 0.2) is 0 Å². The Morgan fingerprint density at radius 2 is 1.62 bits per heavy atom. The van der Waals surface area contributed by atoms with Crippen LogP contribution in [0.4, 0.5) is 0 Å². The third-order valence-corrected chi connectivity index (χ3v) is 3.90. The van der Waals surface area contributed by atoms with Crippen LogP contribution in [0.1, 0.15) is 51.9 Å². The van der Waals surface area contributed by atoms with Crippen LogP contribution in [0.3, 0.4) is 0 Å². The lowest BCUT2D eigenvalue weighted by atomic mass is 9.75. The lowest BCUT2D eigenvalue weighted by molar-refractivity contribution is 0.259. The summed E-state index contributed by atoms with van der Waals surface area (Å²) in [5, 5.41) is 0. The molecule has 0 spiro atoms. The lowest BCUT2D eigenvalue weighted by Crippen LogP contribution is -2.19. The smallest absolute Gasteiger partial charge is 0.0205 e. The zero-order valence-corrected chi connectivity index (χ0v) is 8.84. The summed E-state index contributed by atoms with van der Waals surface area (Å²) in [6.45, 7) is 2.34. The Labute approximate surface area is 82.4 Å². The summed E-state index contributed by atoms with van der Waals surface area (Å²) in [5.74, 6) is 2.83. The Morgan fingerprint density at radius 3 is 2.23 bits per heavy atom. The van der Waals surface area contributed by atoms with Crippen LogP contribution in [0.2, 0.25) is 0 Å². The van der Waals surface area contributed by atoms with Crippen molar-refractivity contribution in [1.29, 1.82) is 0 Å². The van der Waals surface area contributed by atoms with Gasteiger partial charge in [-0.2, -0.15) is 0 Å². The van der Waals surface area contributed by atoms with Crippen molar-refractivity contribution in [3.8, 4) is 0 Å². The minimum Gasteiger partial charge on any atom is -0.0854 e. The van der Waals surface area contributed by atoms with Crippen LogP contribution >= 0.6 is 0 Å². The fraction of sp³-hybridized carbons (Fsp3) is 0.846. The van der Waals surface area contributed by atoms with Gasteiger partial charge in [0.05, 0.1) is 0 Å². The van der Waals surface area contributed by atoms with Crippen molar-refractivity contribution in [2.24, 2.45) is 17.8 Å². The summed E-state index contributed by atoms with van der Waals surface area (Å²) in [6, 6.07) is 0. The van der Waals surface area contributed by atoms with Crippen LogP contribution in [-0.2, 0) is 0 Å². The van der Waals surface area contributed by atoms with E-state index in [2.05, 4.69) is 19.1 Å². The van der Waals surface area contributed by atoms with Crippen molar-refractivity contribution in [1.82, 2.24) is 0 Å². The lowest BCUT2D eigenvalue weighted by Gasteiger charge is -2.31. The Morgan fingerprint density at radius 1 is 0.846 bits per heavy atom. The summed E-state index contributed by atoms with van der Waals surface area (Å²) in [7, 11) is 0. The second-order valence-electron chi connectivity index (χ2n) is 5.00. The number of hydrogen-bond donors (Lipinski definition) is 0. The Balaban J connectivity index is 1.89. The first-order chi connectivity index (χ1) is 6.36. The van der Waals surface area contributed by atoms with Crippen LogP contribution in [-0.4, -0.2) is 0 Å². The monoisotopic (exact) mass is 178 g/mol. The van der Waals surface area contributed by atoms with Gasteiger partial charge in [-0.05, 0) is 43.4 Å². The Hall–Kier alpha value is -0.260. The van der Waals surface area contributed by atoms with Crippen LogP contribution < -0.4 is 0 Å². The van der Waals surface area contributed by atoms with Gasteiger partial charge in [0.2, 0.25) is 0 Å². The minimum atomic E-state index is 0.847. The first-order valence-electron chi connectivity index (χ1n) is 6.04. The zero-order valence-electron chi connectivity index (χ0n) is 8.84. The van der Waals surface area contributed by atoms with E-state index in [1.54, 1.807) is 0 Å². The molecule has 74 valence electrons. The van der Waals surface area contributed by atoms with Gasteiger partial charge >= 0.3 is 0 Å². The van der Waals surface area contributed by atoms with Gasteiger partial charge in [0, 0.05) is 0 Å². The van der Waals surface area contributed by atoms with E-state index in [0.717, 1.165) is 17.8 Å². The molecule has 0 aromatic carbocycles. The maximum atomic E-state index is 2.52. The molecule has 0 heteroatoms. The van der Waals surface area contributed by atoms with E-state index in [4.69, 9.17) is 0 Å². The molecule has 0 aromatic heterocycles. The van der Waals surface area contributed by atoms with E-state index in [1.807, 2.05) is 0 Å². The van der Waals surface area contributed by atoms with Gasteiger partial charge in [-0.25, -0.2) is 0 Å². The minimum absolute atomic E-state index is 0.847. The fourth-order valence-corrected chi connectivity index (χ4v) is 2.94. The highest BCUT2D eigenvalue weighted by molar-refractivity contribution is 4.99. The molecular formula is C13H22. The molecular weight excluding hydrogens is 156 g/mol. The molecule has 0 saturated heterocycles. The van der Waals surface area contributed by atoms with Crippen molar-refractivity contribution in [3.63, 3.8) is 0 Å². The van der Waals surface area contributed by atoms with Crippen molar-refractivity contribution < 1.29 is 0 Å². The van der Waals surface area contributed by atoms with Crippen LogP contribution in [0.15, 0.2) is 12.2 Å². The van der Waals surface area contributed by atoms with Crippen molar-refractivity contribution in [2.45, 2.75) is 51.9 Å². The molecule has 0 aromatic rings. The highest BCUT2D eigenvalue weighted by Gasteiger charge is 2.23. The van der Waals surface area contributed by atoms with E-state index in [9.17, 15) is 0 Å². The molecule has 0 bridgehead atoms. The quantitative estimate of drug-likeness (QED) is 0.529. The van der Waals surface area contributed by atoms with Gasteiger partial charge in [-0.15, -0.1) is 0 Å². The van der Waals surface area contributed by atoms with E-state index < -0.39 is 0 Å². The number of allylic oxidation sites excluding steroid dienone is 2. The number of hydrogen-bond acceptors (Lipinski definition) is 0. The normalized spacial score (nSPS) is 36.4. The average Bonchev–Trinajstić information content (AvgIpc) is 2.20. The van der Waals surface area contributed by atoms with Gasteiger partial charge in [-0.1, -0.05) is 38.3 Å². The summed E-state index contributed by atoms with van der Waals surface area (Å²) in [5.41, 5.74) is 0. The second kappa shape index (κ2) is 4.30. The van der Waals surface area contributed by atoms with Crippen LogP contribution in [0.25, 0.3) is 0 Å². The predicted molar refractivity (Wildman–Crippen MR) is 57.6 cm³/mol. The molecule has 2 aliphatic carbocycles. The molecule has 0 nitrogen and oxygen atoms in total. The molecule has 1 unspecified atom stereocenters. The van der Waals surface area contributed by atoms with E-state index >= 15 is 0 Å². The van der Waals surface area contributed by atoms with Gasteiger partial charge < -0.3 is 0 Å². The maximum absolute atomic E-state index is 2.52. The van der Waals surface area contributed by atoms with Crippen molar-refractivity contribution in [3.05, 3.63) is 12.2 Å². The molecule has 0 radical (unpaired) electrons. The highest BCUT2D eigenvalue weighted by atomic mass is 14.3. The van der Waals surface area contributed by atoms with E-state index in [-0.39, 0.29) is 0 Å². The largest absolute Gasteiger partial charge is 0.0854 e. The first kappa shape index (κ1) is 9.30. The Bertz CT molecular complexity index is 174. The molecule has 0 heterocycles. The van der Waals surface area contributed by atoms with E-state index in [1.165, 1.54) is 44.9 Å². The third kappa shape index (κ3) is 2.36. The summed E-state index contributed by atoms with van der Waals surface area (Å²) in [6.07, 6.45) is 15.3. The standard InChI is InChI=1S/C13H22/c1-11-7-9-13(10-8-11)12-5-3-2-4-6-12/h7,9,11-13H,2-6,8,10H2,1H3/t11-,13?/m0/s1. The van der Waals surface area contributed by atoms with E-state index in [0.29, 0.717) is 0 Å². The molecule has 13 heavy (non-hydrogen) atoms. The summed E-state index contributed by atoms with van der Waals surface area (Å²) < 4.78 is 0. The molecule has 2 rings (SSSR count). The molecule has 2 atom stereocenters. The third-order valence-electron chi connectivity index (χ3n) is 3.90. The van der Waals surface area contributed by atoms with Gasteiger partial charge in [-0.3, -0.25) is 0 Å². The summed E-state index contributed by atoms with van der Waals surface area (Å²) in [4.78, 5) is 0. The van der Waals surface area contributed by atoms with Crippen molar-refractivity contribution >= 4 is 0 Å². The van der Waals surface area contributed by atoms with Crippen LogP contribution in [0, 0.1) is 17.8 Å². The molecule has 2 aliphatic rings. The highest BCUT2D eigenvalue weighted by Crippen LogP contribution is 2.36. The SMILES string of the molecule is C[C@H]1C=CC(C2CCCCC2)CC1. The molecule has 0 amide bonds. The maximum Gasteiger partial charge on any atom is -0.0205 e. The molecule has 0 N–H and O–H groups in total. The topological polar surface area (TPSA) is 0 Å². The summed E-state index contributed by atoms with van der Waals surface area (Å²) >= 11 is 0. The average molecular weight is 178 g/mol. The molecule has 1 saturated carbocycles. The zero-order chi connectivity index (χ0) is 9.10. The second-order valence-corrected chi connectivity index (χ2v) is 5.00. The molecule has 0 aliphatic heterocycles. The van der Waals surface area contributed by atoms with Crippen LogP contribution in [0.5, 0.6) is 0 Å². The van der Waals surface area contributed by atoms with Crippen molar-refractivity contribution in [2.75, 3.05) is 0 Å².